The average Bonchev–Trinajstić information content (AvgIpc) is 2.74. The molecule has 0 aliphatic rings. The molecule has 18 heavy (non-hydrogen) atoms. The number of fused-ring (bicyclic) bond motifs is 1. The van der Waals surface area contributed by atoms with Gasteiger partial charge in [0, 0.05) is 25.6 Å². The van der Waals surface area contributed by atoms with Crippen LogP contribution in [0.5, 0.6) is 0 Å². The van der Waals surface area contributed by atoms with Crippen molar-refractivity contribution in [3.8, 4) is 0 Å². The molecule has 0 radical (unpaired) electrons. The predicted octanol–water partition coefficient (Wildman–Crippen LogP) is 2.81. The van der Waals surface area contributed by atoms with E-state index in [0.717, 1.165) is 29.8 Å². The molecule has 0 spiro atoms. The first-order valence-electron chi connectivity index (χ1n) is 6.18. The van der Waals surface area contributed by atoms with Crippen LogP contribution < -0.4 is 0 Å². The Labute approximate surface area is 112 Å². The number of halogens is 1. The maximum absolute atomic E-state index is 5.86. The lowest BCUT2D eigenvalue weighted by Crippen LogP contribution is -2.17. The zero-order valence-electron chi connectivity index (χ0n) is 10.8. The standard InChI is InChI=1S/C13H18ClN3O/c1-3-10(9-18-2)17-12(6-7-14)16-11-5-4-8-15-13(11)17/h4-5,8,10H,3,6-7,9H2,1-2H3. The molecule has 2 rings (SSSR count). The molecule has 0 bridgehead atoms. The third-order valence-corrected chi connectivity index (χ3v) is 3.22. The topological polar surface area (TPSA) is 39.9 Å². The smallest absolute Gasteiger partial charge is 0.160 e. The van der Waals surface area contributed by atoms with E-state index in [2.05, 4.69) is 21.5 Å². The van der Waals surface area contributed by atoms with Crippen LogP contribution in [0.4, 0.5) is 0 Å². The largest absolute Gasteiger partial charge is 0.383 e. The van der Waals surface area contributed by atoms with E-state index in [4.69, 9.17) is 16.3 Å². The van der Waals surface area contributed by atoms with Crippen LogP contribution >= 0.6 is 11.6 Å². The van der Waals surface area contributed by atoms with Gasteiger partial charge in [-0.3, -0.25) is 0 Å². The molecule has 0 saturated heterocycles. The number of rotatable bonds is 6. The Balaban J connectivity index is 2.52. The zero-order valence-corrected chi connectivity index (χ0v) is 11.5. The average molecular weight is 268 g/mol. The van der Waals surface area contributed by atoms with Gasteiger partial charge in [-0.15, -0.1) is 11.6 Å². The summed E-state index contributed by atoms with van der Waals surface area (Å²) in [5, 5.41) is 0. The van der Waals surface area contributed by atoms with Gasteiger partial charge in [0.05, 0.1) is 12.6 Å². The second-order valence-electron chi connectivity index (χ2n) is 4.20. The Morgan fingerprint density at radius 2 is 2.33 bits per heavy atom. The number of imidazole rings is 1. The second kappa shape index (κ2) is 6.16. The van der Waals surface area contributed by atoms with E-state index in [9.17, 15) is 0 Å². The van der Waals surface area contributed by atoms with Gasteiger partial charge in [0.1, 0.15) is 11.3 Å². The summed E-state index contributed by atoms with van der Waals surface area (Å²) in [4.78, 5) is 9.05. The molecule has 0 aliphatic heterocycles. The molecular weight excluding hydrogens is 250 g/mol. The van der Waals surface area contributed by atoms with Crippen molar-refractivity contribution in [2.24, 2.45) is 0 Å². The summed E-state index contributed by atoms with van der Waals surface area (Å²) in [6, 6.07) is 4.14. The van der Waals surface area contributed by atoms with Crippen LogP contribution in [0.2, 0.25) is 0 Å². The number of pyridine rings is 1. The van der Waals surface area contributed by atoms with Crippen LogP contribution in [0, 0.1) is 0 Å². The number of hydrogen-bond acceptors (Lipinski definition) is 3. The van der Waals surface area contributed by atoms with Crippen LogP contribution in [0.3, 0.4) is 0 Å². The number of aryl methyl sites for hydroxylation is 1. The third-order valence-electron chi connectivity index (χ3n) is 3.04. The van der Waals surface area contributed by atoms with E-state index in [0.29, 0.717) is 12.5 Å². The van der Waals surface area contributed by atoms with Crippen molar-refractivity contribution in [2.45, 2.75) is 25.8 Å². The van der Waals surface area contributed by atoms with Gasteiger partial charge < -0.3 is 9.30 Å². The predicted molar refractivity (Wildman–Crippen MR) is 73.2 cm³/mol. The second-order valence-corrected chi connectivity index (χ2v) is 4.58. The minimum Gasteiger partial charge on any atom is -0.383 e. The summed E-state index contributed by atoms with van der Waals surface area (Å²) in [6.07, 6.45) is 3.52. The first-order valence-corrected chi connectivity index (χ1v) is 6.72. The van der Waals surface area contributed by atoms with Crippen LogP contribution in [-0.4, -0.2) is 34.1 Å². The number of methoxy groups -OCH3 is 1. The fourth-order valence-electron chi connectivity index (χ4n) is 2.19. The van der Waals surface area contributed by atoms with Crippen molar-refractivity contribution in [1.82, 2.24) is 14.5 Å². The molecule has 2 aromatic rings. The van der Waals surface area contributed by atoms with Crippen molar-refractivity contribution >= 4 is 22.8 Å². The highest BCUT2D eigenvalue weighted by Gasteiger charge is 2.18. The Hall–Kier alpha value is -1.13. The first-order chi connectivity index (χ1) is 8.81. The summed E-state index contributed by atoms with van der Waals surface area (Å²) in [7, 11) is 1.72. The lowest BCUT2D eigenvalue weighted by Gasteiger charge is -2.18. The Kier molecular flexibility index (Phi) is 4.55. The molecule has 1 atom stereocenters. The maximum Gasteiger partial charge on any atom is 0.160 e. The molecule has 0 fully saturated rings. The minimum absolute atomic E-state index is 0.258. The molecule has 2 aromatic heterocycles. The van der Waals surface area contributed by atoms with Gasteiger partial charge in [-0.25, -0.2) is 9.97 Å². The van der Waals surface area contributed by atoms with E-state index >= 15 is 0 Å². The van der Waals surface area contributed by atoms with Crippen LogP contribution in [0.25, 0.3) is 11.2 Å². The van der Waals surface area contributed by atoms with Gasteiger partial charge in [0.25, 0.3) is 0 Å². The maximum atomic E-state index is 5.86. The van der Waals surface area contributed by atoms with Crippen LogP contribution in [0.15, 0.2) is 18.3 Å². The highest BCUT2D eigenvalue weighted by Crippen LogP contribution is 2.22. The van der Waals surface area contributed by atoms with E-state index in [-0.39, 0.29) is 6.04 Å². The number of ether oxygens (including phenoxy) is 1. The van der Waals surface area contributed by atoms with Crippen molar-refractivity contribution < 1.29 is 4.74 Å². The van der Waals surface area contributed by atoms with E-state index in [1.54, 1.807) is 13.3 Å². The molecule has 0 aliphatic carbocycles. The lowest BCUT2D eigenvalue weighted by molar-refractivity contribution is 0.153. The molecule has 0 saturated carbocycles. The molecule has 1 unspecified atom stereocenters. The van der Waals surface area contributed by atoms with Crippen molar-refractivity contribution in [3.63, 3.8) is 0 Å². The van der Waals surface area contributed by atoms with E-state index in [1.165, 1.54) is 0 Å². The highest BCUT2D eigenvalue weighted by atomic mass is 35.5. The summed E-state index contributed by atoms with van der Waals surface area (Å²) < 4.78 is 7.46. The lowest BCUT2D eigenvalue weighted by atomic mass is 10.2. The SMILES string of the molecule is CCC(COC)n1c(CCCl)nc2cccnc21. The fourth-order valence-corrected chi connectivity index (χ4v) is 2.36. The summed E-state index contributed by atoms with van der Waals surface area (Å²) in [5.74, 6) is 1.55. The highest BCUT2D eigenvalue weighted by molar-refractivity contribution is 6.17. The molecule has 0 aromatic carbocycles. The van der Waals surface area contributed by atoms with Gasteiger partial charge in [0.15, 0.2) is 5.65 Å². The third kappa shape index (κ3) is 2.49. The fraction of sp³-hybridized carbons (Fsp3) is 0.538. The van der Waals surface area contributed by atoms with E-state index in [1.807, 2.05) is 12.1 Å². The van der Waals surface area contributed by atoms with Gasteiger partial charge in [0.2, 0.25) is 0 Å². The summed E-state index contributed by atoms with van der Waals surface area (Å²) >= 11 is 5.86. The molecule has 0 amide bonds. The molecule has 2 heterocycles. The van der Waals surface area contributed by atoms with E-state index < -0.39 is 0 Å². The van der Waals surface area contributed by atoms with Gasteiger partial charge in [-0.1, -0.05) is 6.92 Å². The quantitative estimate of drug-likeness (QED) is 0.756. The minimum atomic E-state index is 0.258. The van der Waals surface area contributed by atoms with Gasteiger partial charge in [-0.05, 0) is 18.6 Å². The van der Waals surface area contributed by atoms with Crippen LogP contribution in [-0.2, 0) is 11.2 Å². The Bertz CT molecular complexity index is 512. The Morgan fingerprint density at radius 1 is 1.50 bits per heavy atom. The number of hydrogen-bond donors (Lipinski definition) is 0. The number of nitrogens with zero attached hydrogens (tertiary/aromatic N) is 3. The summed E-state index contributed by atoms with van der Waals surface area (Å²) in [5.41, 5.74) is 1.84. The summed E-state index contributed by atoms with van der Waals surface area (Å²) in [6.45, 7) is 2.80. The molecular formula is C13H18ClN3O. The molecule has 5 heteroatoms. The monoisotopic (exact) mass is 267 g/mol. The normalized spacial score (nSPS) is 13.1. The molecule has 98 valence electrons. The van der Waals surface area contributed by atoms with Gasteiger partial charge in [-0.2, -0.15) is 0 Å². The number of aromatic nitrogens is 3. The zero-order chi connectivity index (χ0) is 13.0. The van der Waals surface area contributed by atoms with Gasteiger partial charge >= 0.3 is 0 Å². The molecule has 0 N–H and O–H groups in total. The molecule has 4 nitrogen and oxygen atoms in total. The Morgan fingerprint density at radius 3 is 3.00 bits per heavy atom. The van der Waals surface area contributed by atoms with Crippen LogP contribution in [0.1, 0.15) is 25.2 Å². The van der Waals surface area contributed by atoms with Crippen molar-refractivity contribution in [1.29, 1.82) is 0 Å². The van der Waals surface area contributed by atoms with Crippen molar-refractivity contribution in [3.05, 3.63) is 24.2 Å². The first kappa shape index (κ1) is 13.3. The van der Waals surface area contributed by atoms with Crippen molar-refractivity contribution in [2.75, 3.05) is 19.6 Å². The number of alkyl halides is 1.